The summed E-state index contributed by atoms with van der Waals surface area (Å²) in [5, 5.41) is 18.9. The summed E-state index contributed by atoms with van der Waals surface area (Å²) in [6.45, 7) is 3.44. The van der Waals surface area contributed by atoms with Crippen LogP contribution < -0.4 is 0 Å². The van der Waals surface area contributed by atoms with Gasteiger partial charge in [0, 0.05) is 11.8 Å². The number of nitriles is 1. The first-order valence-electron chi connectivity index (χ1n) is 6.61. The Morgan fingerprint density at radius 1 is 1.50 bits per heavy atom. The first-order valence-corrected chi connectivity index (χ1v) is 6.61. The Morgan fingerprint density at radius 2 is 2.23 bits per heavy atom. The lowest BCUT2D eigenvalue weighted by Gasteiger charge is -1.99. The van der Waals surface area contributed by atoms with Gasteiger partial charge in [-0.25, -0.2) is 9.79 Å². The zero-order chi connectivity index (χ0) is 16.1. The highest BCUT2D eigenvalue weighted by Crippen LogP contribution is 2.29. The fourth-order valence-corrected chi connectivity index (χ4v) is 1.90. The van der Waals surface area contributed by atoms with Crippen molar-refractivity contribution in [3.63, 3.8) is 0 Å². The Hall–Kier alpha value is -3.07. The van der Waals surface area contributed by atoms with Gasteiger partial charge in [0.05, 0.1) is 6.61 Å². The van der Waals surface area contributed by atoms with Crippen LogP contribution in [0.2, 0.25) is 0 Å². The second-order valence-corrected chi connectivity index (χ2v) is 4.36. The van der Waals surface area contributed by atoms with Crippen molar-refractivity contribution in [3.05, 3.63) is 46.7 Å². The van der Waals surface area contributed by atoms with E-state index in [-0.39, 0.29) is 35.1 Å². The molecule has 0 bridgehead atoms. The average molecular weight is 298 g/mol. The largest absolute Gasteiger partial charge is 0.507 e. The van der Waals surface area contributed by atoms with Crippen LogP contribution in [0.15, 0.2) is 33.7 Å². The van der Waals surface area contributed by atoms with Gasteiger partial charge in [-0.3, -0.25) is 0 Å². The van der Waals surface area contributed by atoms with Crippen LogP contribution in [-0.4, -0.2) is 23.9 Å². The third-order valence-electron chi connectivity index (χ3n) is 2.91. The first-order chi connectivity index (χ1) is 10.6. The number of ether oxygens (including phenoxy) is 1. The van der Waals surface area contributed by atoms with Crippen LogP contribution >= 0.6 is 0 Å². The Morgan fingerprint density at radius 3 is 2.86 bits per heavy atom. The molecule has 1 aromatic carbocycles. The molecule has 0 atom stereocenters. The van der Waals surface area contributed by atoms with Crippen molar-refractivity contribution < 1.29 is 19.1 Å². The number of furan rings is 1. The normalized spacial score (nSPS) is 10.6. The Labute approximate surface area is 127 Å². The van der Waals surface area contributed by atoms with Crippen molar-refractivity contribution >= 4 is 18.1 Å². The summed E-state index contributed by atoms with van der Waals surface area (Å²) >= 11 is 0. The number of phenols is 1. The SMILES string of the molecule is CCOC(=O)c1c(C)oc(N=Cc2ccccc2O)c1C#N. The molecular formula is C16H14N2O4. The summed E-state index contributed by atoms with van der Waals surface area (Å²) in [6, 6.07) is 8.51. The zero-order valence-corrected chi connectivity index (χ0v) is 12.2. The predicted molar refractivity (Wildman–Crippen MR) is 79.5 cm³/mol. The van der Waals surface area contributed by atoms with Crippen LogP contribution in [0.1, 0.15) is 34.2 Å². The van der Waals surface area contributed by atoms with E-state index in [1.807, 2.05) is 6.07 Å². The molecule has 2 rings (SSSR count). The van der Waals surface area contributed by atoms with Crippen molar-refractivity contribution in [1.29, 1.82) is 5.26 Å². The lowest BCUT2D eigenvalue weighted by atomic mass is 10.1. The lowest BCUT2D eigenvalue weighted by molar-refractivity contribution is 0.0524. The minimum atomic E-state index is -0.621. The van der Waals surface area contributed by atoms with Crippen molar-refractivity contribution in [2.75, 3.05) is 6.61 Å². The molecule has 6 nitrogen and oxygen atoms in total. The number of aryl methyl sites for hydroxylation is 1. The van der Waals surface area contributed by atoms with Gasteiger partial charge < -0.3 is 14.3 Å². The highest BCUT2D eigenvalue weighted by molar-refractivity contribution is 5.95. The number of phenolic OH excluding ortho intramolecular Hbond substituents is 1. The highest BCUT2D eigenvalue weighted by Gasteiger charge is 2.24. The van der Waals surface area contributed by atoms with Gasteiger partial charge in [0.15, 0.2) is 0 Å². The minimum Gasteiger partial charge on any atom is -0.507 e. The molecule has 2 aromatic rings. The number of esters is 1. The monoisotopic (exact) mass is 298 g/mol. The molecule has 0 spiro atoms. The molecule has 112 valence electrons. The lowest BCUT2D eigenvalue weighted by Crippen LogP contribution is -2.06. The number of carbonyl (C=O) groups is 1. The number of carbonyl (C=O) groups excluding carboxylic acids is 1. The molecule has 1 heterocycles. The highest BCUT2D eigenvalue weighted by atomic mass is 16.5. The van der Waals surface area contributed by atoms with E-state index in [2.05, 4.69) is 4.99 Å². The van der Waals surface area contributed by atoms with Crippen LogP contribution in [0.5, 0.6) is 5.75 Å². The van der Waals surface area contributed by atoms with E-state index in [9.17, 15) is 15.2 Å². The molecular weight excluding hydrogens is 284 g/mol. The second kappa shape index (κ2) is 6.59. The van der Waals surface area contributed by atoms with E-state index in [0.717, 1.165) is 0 Å². The molecule has 0 aliphatic rings. The van der Waals surface area contributed by atoms with E-state index in [1.54, 1.807) is 32.0 Å². The summed E-state index contributed by atoms with van der Waals surface area (Å²) in [7, 11) is 0. The molecule has 0 saturated heterocycles. The third-order valence-corrected chi connectivity index (χ3v) is 2.91. The van der Waals surface area contributed by atoms with E-state index >= 15 is 0 Å². The fourth-order valence-electron chi connectivity index (χ4n) is 1.90. The van der Waals surface area contributed by atoms with Gasteiger partial charge in [-0.2, -0.15) is 5.26 Å². The number of hydrogen-bond donors (Lipinski definition) is 1. The predicted octanol–water partition coefficient (Wildman–Crippen LogP) is 3.09. The quantitative estimate of drug-likeness (QED) is 0.691. The molecule has 0 aliphatic carbocycles. The Kier molecular flexibility index (Phi) is 4.59. The molecule has 0 saturated carbocycles. The Balaban J connectivity index is 2.41. The minimum absolute atomic E-state index is 0.00584. The first kappa shape index (κ1) is 15.3. The molecule has 0 fully saturated rings. The Bertz CT molecular complexity index is 769. The summed E-state index contributed by atoms with van der Waals surface area (Å²) < 4.78 is 10.3. The fraction of sp³-hybridized carbons (Fsp3) is 0.188. The van der Waals surface area contributed by atoms with Gasteiger partial charge in [-0.05, 0) is 26.0 Å². The van der Waals surface area contributed by atoms with Crippen molar-refractivity contribution in [3.8, 4) is 11.8 Å². The van der Waals surface area contributed by atoms with Crippen molar-refractivity contribution in [2.24, 2.45) is 4.99 Å². The van der Waals surface area contributed by atoms with Crippen LogP contribution in [0.3, 0.4) is 0 Å². The van der Waals surface area contributed by atoms with E-state index in [0.29, 0.717) is 5.56 Å². The summed E-state index contributed by atoms with van der Waals surface area (Å²) in [5.74, 6) is -0.298. The molecule has 0 radical (unpaired) electrons. The maximum Gasteiger partial charge on any atom is 0.343 e. The van der Waals surface area contributed by atoms with Crippen LogP contribution in [0.25, 0.3) is 0 Å². The van der Waals surface area contributed by atoms with Gasteiger partial charge >= 0.3 is 5.97 Å². The molecule has 22 heavy (non-hydrogen) atoms. The molecule has 1 N–H and O–H groups in total. The van der Waals surface area contributed by atoms with Gasteiger partial charge in [-0.1, -0.05) is 12.1 Å². The van der Waals surface area contributed by atoms with Gasteiger partial charge in [0.1, 0.15) is 28.7 Å². The van der Waals surface area contributed by atoms with Gasteiger partial charge in [0.2, 0.25) is 5.88 Å². The standard InChI is InChI=1S/C16H14N2O4/c1-3-21-16(20)14-10(2)22-15(12(14)8-17)18-9-11-6-4-5-7-13(11)19/h4-7,9,19H,3H2,1-2H3. The zero-order valence-electron chi connectivity index (χ0n) is 12.2. The van der Waals surface area contributed by atoms with Crippen LogP contribution in [-0.2, 0) is 4.74 Å². The molecule has 1 aromatic heterocycles. The van der Waals surface area contributed by atoms with Crippen LogP contribution in [0, 0.1) is 18.3 Å². The molecule has 0 amide bonds. The number of para-hydroxylation sites is 1. The van der Waals surface area contributed by atoms with Crippen LogP contribution in [0.4, 0.5) is 5.88 Å². The smallest absolute Gasteiger partial charge is 0.343 e. The molecule has 0 aliphatic heterocycles. The molecule has 0 unspecified atom stereocenters. The third kappa shape index (κ3) is 2.99. The number of aliphatic imine (C=N–C) groups is 1. The second-order valence-electron chi connectivity index (χ2n) is 4.36. The van der Waals surface area contributed by atoms with E-state index in [4.69, 9.17) is 9.15 Å². The van der Waals surface area contributed by atoms with Crippen molar-refractivity contribution in [1.82, 2.24) is 0 Å². The van der Waals surface area contributed by atoms with Crippen molar-refractivity contribution in [2.45, 2.75) is 13.8 Å². The topological polar surface area (TPSA) is 95.8 Å². The average Bonchev–Trinajstić information content (AvgIpc) is 2.82. The molecule has 6 heteroatoms. The number of rotatable bonds is 4. The summed E-state index contributed by atoms with van der Waals surface area (Å²) in [6.07, 6.45) is 1.36. The number of nitrogens with zero attached hydrogens (tertiary/aromatic N) is 2. The maximum absolute atomic E-state index is 11.9. The van der Waals surface area contributed by atoms with Gasteiger partial charge in [-0.15, -0.1) is 0 Å². The number of benzene rings is 1. The number of aromatic hydroxyl groups is 1. The summed E-state index contributed by atoms with van der Waals surface area (Å²) in [5.41, 5.74) is 0.564. The van der Waals surface area contributed by atoms with E-state index < -0.39 is 5.97 Å². The summed E-state index contributed by atoms with van der Waals surface area (Å²) in [4.78, 5) is 15.9. The van der Waals surface area contributed by atoms with E-state index in [1.165, 1.54) is 12.3 Å². The maximum atomic E-state index is 11.9. The number of hydrogen-bond acceptors (Lipinski definition) is 6. The van der Waals surface area contributed by atoms with Gasteiger partial charge in [0.25, 0.3) is 0 Å².